The average molecular weight is 807 g/mol. The zero-order chi connectivity index (χ0) is 39.2. The zero-order valence-corrected chi connectivity index (χ0v) is 32.4. The molecule has 9 rings (SSSR count). The Morgan fingerprint density at radius 3 is 2.32 bits per heavy atom. The number of aryl methyl sites for hydroxylation is 1. The molecule has 0 aromatic heterocycles. The van der Waals surface area contributed by atoms with Crippen LogP contribution >= 0.6 is 34.8 Å². The summed E-state index contributed by atoms with van der Waals surface area (Å²) in [7, 11) is 1.54. The number of allylic oxidation sites excluding steroid dienone is 2. The van der Waals surface area contributed by atoms with Gasteiger partial charge in [-0.25, -0.2) is 4.90 Å². The van der Waals surface area contributed by atoms with E-state index in [9.17, 15) is 14.7 Å². The van der Waals surface area contributed by atoms with Gasteiger partial charge in [0, 0.05) is 21.5 Å². The number of benzene rings is 5. The number of fused-ring (bicyclic) bond motifs is 5. The smallest absolute Gasteiger partial charge is 0.260 e. The van der Waals surface area contributed by atoms with Crippen molar-refractivity contribution in [2.24, 2.45) is 23.7 Å². The Labute approximate surface area is 337 Å². The Morgan fingerprint density at radius 1 is 0.821 bits per heavy atom. The molecule has 4 aliphatic rings. The van der Waals surface area contributed by atoms with E-state index in [0.717, 1.165) is 16.0 Å². The van der Waals surface area contributed by atoms with Crippen LogP contribution in [0, 0.1) is 30.6 Å². The number of nitrogens with one attached hydrogen (secondary N) is 1. The molecule has 9 nitrogen and oxygen atoms in total. The molecule has 12 heteroatoms. The van der Waals surface area contributed by atoms with Gasteiger partial charge >= 0.3 is 0 Å². The third-order valence-corrected chi connectivity index (χ3v) is 13.2. The van der Waals surface area contributed by atoms with Crippen molar-refractivity contribution in [3.63, 3.8) is 0 Å². The van der Waals surface area contributed by atoms with Crippen LogP contribution in [0.4, 0.5) is 11.4 Å². The van der Waals surface area contributed by atoms with Crippen LogP contribution in [-0.4, -0.2) is 40.9 Å². The largest absolute Gasteiger partial charge is 0.508 e. The Morgan fingerprint density at radius 2 is 1.59 bits per heavy atom. The highest BCUT2D eigenvalue weighted by Crippen LogP contribution is 2.65. The number of carbonyl (C=O) groups is 4. The normalized spacial score (nSPS) is 25.6. The second-order valence-electron chi connectivity index (χ2n) is 14.9. The Bertz CT molecular complexity index is 2560. The van der Waals surface area contributed by atoms with Gasteiger partial charge in [0.1, 0.15) is 11.5 Å². The molecular weight excluding hydrogens is 773 g/mol. The van der Waals surface area contributed by atoms with Crippen molar-refractivity contribution < 1.29 is 29.0 Å². The zero-order valence-electron chi connectivity index (χ0n) is 30.1. The van der Waals surface area contributed by atoms with Gasteiger partial charge in [-0.1, -0.05) is 95.0 Å². The highest BCUT2D eigenvalue weighted by Gasteiger charge is 2.71. The minimum absolute atomic E-state index is 0.0684. The molecule has 0 bridgehead atoms. The summed E-state index contributed by atoms with van der Waals surface area (Å²) in [5, 5.41) is 15.5. The van der Waals surface area contributed by atoms with Gasteiger partial charge in [0.2, 0.25) is 11.8 Å². The summed E-state index contributed by atoms with van der Waals surface area (Å²) in [6.45, 7) is 1.84. The fourth-order valence-corrected chi connectivity index (χ4v) is 10.3. The van der Waals surface area contributed by atoms with Crippen LogP contribution < -0.4 is 15.1 Å². The van der Waals surface area contributed by atoms with Crippen molar-refractivity contribution >= 4 is 80.6 Å². The molecule has 2 heterocycles. The molecule has 5 aromatic rings. The first-order valence-corrected chi connectivity index (χ1v) is 19.4. The predicted octanol–water partition coefficient (Wildman–Crippen LogP) is 9.01. The number of carbonyl (C=O) groups excluding carboxylic acids is 4. The average Bonchev–Trinajstić information content (AvgIpc) is 3.57. The molecule has 2 saturated heterocycles. The number of phenolic OH excluding ortho intramolecular Hbond substituents is 1. The third kappa shape index (κ3) is 5.21. The van der Waals surface area contributed by atoms with E-state index in [2.05, 4.69) is 5.43 Å². The van der Waals surface area contributed by atoms with Gasteiger partial charge in [0.15, 0.2) is 0 Å². The van der Waals surface area contributed by atoms with Gasteiger partial charge in [-0.05, 0) is 96.1 Å². The molecule has 0 spiro atoms. The lowest BCUT2D eigenvalue weighted by atomic mass is 9.48. The van der Waals surface area contributed by atoms with E-state index in [4.69, 9.17) is 39.5 Å². The van der Waals surface area contributed by atoms with Crippen LogP contribution in [0.5, 0.6) is 11.5 Å². The molecule has 282 valence electrons. The quantitative estimate of drug-likeness (QED) is 0.130. The molecule has 56 heavy (non-hydrogen) atoms. The first-order chi connectivity index (χ1) is 26.9. The molecule has 3 fully saturated rings. The lowest BCUT2D eigenvalue weighted by Crippen LogP contribution is -2.53. The molecule has 0 unspecified atom stereocenters. The lowest BCUT2D eigenvalue weighted by Gasteiger charge is -2.51. The van der Waals surface area contributed by atoms with Crippen molar-refractivity contribution in [1.82, 2.24) is 5.01 Å². The molecule has 5 aromatic carbocycles. The fourth-order valence-electron chi connectivity index (χ4n) is 9.72. The number of aromatic hydroxyl groups is 1. The Hall–Kier alpha value is -5.35. The Balaban J connectivity index is 1.29. The van der Waals surface area contributed by atoms with Gasteiger partial charge in [-0.2, -0.15) is 5.01 Å². The van der Waals surface area contributed by atoms with Crippen molar-refractivity contribution in [1.29, 1.82) is 0 Å². The molecule has 6 atom stereocenters. The number of imide groups is 2. The van der Waals surface area contributed by atoms with Crippen molar-refractivity contribution in [3.05, 3.63) is 140 Å². The van der Waals surface area contributed by atoms with Crippen molar-refractivity contribution in [3.8, 4) is 11.5 Å². The van der Waals surface area contributed by atoms with Crippen LogP contribution in [-0.2, 0) is 24.6 Å². The number of nitrogens with zero attached hydrogens (tertiary/aromatic N) is 2. The number of phenols is 1. The summed E-state index contributed by atoms with van der Waals surface area (Å²) in [5.74, 6) is -5.58. The number of anilines is 2. The van der Waals surface area contributed by atoms with Crippen LogP contribution in [0.25, 0.3) is 10.8 Å². The summed E-state index contributed by atoms with van der Waals surface area (Å²) in [6.07, 6.45) is 2.24. The van der Waals surface area contributed by atoms with E-state index in [1.165, 1.54) is 11.0 Å². The van der Waals surface area contributed by atoms with Crippen molar-refractivity contribution in [2.75, 3.05) is 17.4 Å². The number of hydrazine groups is 1. The van der Waals surface area contributed by atoms with Crippen LogP contribution in [0.15, 0.2) is 109 Å². The molecule has 1 saturated carbocycles. The first kappa shape index (κ1) is 36.3. The first-order valence-electron chi connectivity index (χ1n) is 18.2. The highest BCUT2D eigenvalue weighted by molar-refractivity contribution is 6.36. The minimum atomic E-state index is -1.64. The van der Waals surface area contributed by atoms with E-state index >= 15 is 9.59 Å². The molecule has 4 amide bonds. The predicted molar refractivity (Wildman–Crippen MR) is 215 cm³/mol. The van der Waals surface area contributed by atoms with E-state index in [-0.39, 0.29) is 35.2 Å². The van der Waals surface area contributed by atoms with E-state index < -0.39 is 52.7 Å². The monoisotopic (exact) mass is 805 g/mol. The molecule has 2 aliphatic heterocycles. The summed E-state index contributed by atoms with van der Waals surface area (Å²) >= 11 is 19.3. The van der Waals surface area contributed by atoms with Crippen LogP contribution in [0.3, 0.4) is 0 Å². The Kier molecular flexibility index (Phi) is 8.68. The fraction of sp³-hybridized carbons (Fsp3) is 0.227. The summed E-state index contributed by atoms with van der Waals surface area (Å²) in [5.41, 5.74) is 4.52. The topological polar surface area (TPSA) is 116 Å². The number of methoxy groups -OCH3 is 1. The summed E-state index contributed by atoms with van der Waals surface area (Å²) in [4.78, 5) is 60.9. The van der Waals surface area contributed by atoms with Gasteiger partial charge < -0.3 is 9.84 Å². The molecule has 2 N–H and O–H groups in total. The maximum atomic E-state index is 15.6. The van der Waals surface area contributed by atoms with Crippen LogP contribution in [0.1, 0.15) is 35.4 Å². The molecule has 0 radical (unpaired) electrons. The number of amides is 4. The maximum Gasteiger partial charge on any atom is 0.260 e. The van der Waals surface area contributed by atoms with E-state index in [0.29, 0.717) is 43.6 Å². The summed E-state index contributed by atoms with van der Waals surface area (Å²) in [6, 6.07) is 27.8. The highest BCUT2D eigenvalue weighted by atomic mass is 35.5. The van der Waals surface area contributed by atoms with Gasteiger partial charge in [-0.15, -0.1) is 0 Å². The lowest BCUT2D eigenvalue weighted by molar-refractivity contribution is -0.138. The standard InChI is InChI=1S/C44H34Cl3N3O6/c1-22-7-12-26(20-33(22)46)49-40(52)30-16-15-29-31(37(30)42(49)54)21-32-41(53)50(48-35-17-11-25(45)19-34(35)47)43(55)44(32,24-9-13-27(56-2)14-10-24)39(29)38-28-6-4-3-5-23(28)8-18-36(38)51/h3-15,17-20,30-32,37,39,48,51H,16,21H2,1-2H3/t30-,31+,32-,37-,39+,44+/m0/s1. The van der Waals surface area contributed by atoms with E-state index in [1.807, 2.05) is 37.3 Å². The number of ether oxygens (including phenoxy) is 1. The second kappa shape index (κ2) is 13.4. The van der Waals surface area contributed by atoms with Gasteiger partial charge in [-0.3, -0.25) is 24.6 Å². The van der Waals surface area contributed by atoms with Gasteiger partial charge in [0.05, 0.1) is 46.7 Å². The van der Waals surface area contributed by atoms with Crippen molar-refractivity contribution in [2.45, 2.75) is 31.1 Å². The third-order valence-electron chi connectivity index (χ3n) is 12.2. The van der Waals surface area contributed by atoms with Gasteiger partial charge in [0.25, 0.3) is 11.8 Å². The molecular formula is C44H34Cl3N3O6. The molecule has 2 aliphatic carbocycles. The van der Waals surface area contributed by atoms with E-state index in [1.54, 1.807) is 73.8 Å². The SMILES string of the molecule is COc1ccc([C@@]23C(=O)N(Nc4ccc(Cl)cc4Cl)C(=O)[C@@H]2C[C@@H]2C(=CC[C@@H]4C(=O)N(c5ccc(C)c(Cl)c5)C(=O)[C@@H]42)[C@@H]3c2c(O)ccc3ccccc23)cc1. The maximum absolute atomic E-state index is 15.6. The minimum Gasteiger partial charge on any atom is -0.508 e. The van der Waals surface area contributed by atoms with Crippen LogP contribution in [0.2, 0.25) is 15.1 Å². The number of hydrogen-bond acceptors (Lipinski definition) is 7. The number of rotatable bonds is 6. The summed E-state index contributed by atoms with van der Waals surface area (Å²) < 4.78 is 5.51. The number of halogens is 3. The number of hydrogen-bond donors (Lipinski definition) is 2. The second-order valence-corrected chi connectivity index (χ2v) is 16.1.